The summed E-state index contributed by atoms with van der Waals surface area (Å²) >= 11 is 1.39. The highest BCUT2D eigenvalue weighted by Crippen LogP contribution is 2.23. The Kier molecular flexibility index (Phi) is 5.00. The Bertz CT molecular complexity index is 753. The number of thiazole rings is 1. The van der Waals surface area contributed by atoms with E-state index in [1.807, 2.05) is 54.6 Å². The molecule has 0 bridgehead atoms. The largest absolute Gasteiger partial charge is 0.396 e. The van der Waals surface area contributed by atoms with Crippen LogP contribution in [0.4, 0.5) is 0 Å². The van der Waals surface area contributed by atoms with E-state index in [0.29, 0.717) is 17.8 Å². The second-order valence-corrected chi connectivity index (χ2v) is 6.32. The van der Waals surface area contributed by atoms with Crippen LogP contribution >= 0.6 is 11.3 Å². The SMILES string of the molecule is O=C(NC(CCCO)c1ccccc1)c1nc2ccccc2s1. The molecular weight excluding hydrogens is 308 g/mol. The minimum absolute atomic E-state index is 0.111. The van der Waals surface area contributed by atoms with E-state index in [1.165, 1.54) is 11.3 Å². The zero-order valence-corrected chi connectivity index (χ0v) is 13.4. The number of hydrogen-bond acceptors (Lipinski definition) is 4. The number of carbonyl (C=O) groups excluding carboxylic acids is 1. The predicted molar refractivity (Wildman–Crippen MR) is 92.6 cm³/mol. The van der Waals surface area contributed by atoms with Gasteiger partial charge in [0.05, 0.1) is 16.3 Å². The highest BCUT2D eigenvalue weighted by atomic mass is 32.1. The van der Waals surface area contributed by atoms with Crippen molar-refractivity contribution < 1.29 is 9.90 Å². The van der Waals surface area contributed by atoms with E-state index < -0.39 is 0 Å². The van der Waals surface area contributed by atoms with Gasteiger partial charge in [0.1, 0.15) is 0 Å². The fraction of sp³-hybridized carbons (Fsp3) is 0.222. The number of fused-ring (bicyclic) bond motifs is 1. The lowest BCUT2D eigenvalue weighted by Gasteiger charge is -2.18. The summed E-state index contributed by atoms with van der Waals surface area (Å²) in [6.45, 7) is 0.111. The van der Waals surface area contributed by atoms with Gasteiger partial charge in [-0.3, -0.25) is 4.79 Å². The predicted octanol–water partition coefficient (Wildman–Crippen LogP) is 3.54. The van der Waals surface area contributed by atoms with Crippen molar-refractivity contribution in [3.8, 4) is 0 Å². The van der Waals surface area contributed by atoms with E-state index >= 15 is 0 Å². The maximum atomic E-state index is 12.5. The quantitative estimate of drug-likeness (QED) is 0.728. The monoisotopic (exact) mass is 326 g/mol. The number of nitrogens with one attached hydrogen (secondary N) is 1. The number of aromatic nitrogens is 1. The lowest BCUT2D eigenvalue weighted by atomic mass is 10.0. The fourth-order valence-corrected chi connectivity index (χ4v) is 3.36. The number of hydrogen-bond donors (Lipinski definition) is 2. The highest BCUT2D eigenvalue weighted by Gasteiger charge is 2.18. The van der Waals surface area contributed by atoms with Gasteiger partial charge < -0.3 is 10.4 Å². The maximum Gasteiger partial charge on any atom is 0.280 e. The number of para-hydroxylation sites is 1. The number of aliphatic hydroxyl groups is 1. The summed E-state index contributed by atoms with van der Waals surface area (Å²) in [6.07, 6.45) is 1.33. The summed E-state index contributed by atoms with van der Waals surface area (Å²) in [6, 6.07) is 17.4. The first-order chi connectivity index (χ1) is 11.3. The van der Waals surface area contributed by atoms with E-state index in [1.54, 1.807) is 0 Å². The van der Waals surface area contributed by atoms with E-state index in [2.05, 4.69) is 10.3 Å². The first-order valence-electron chi connectivity index (χ1n) is 7.60. The Morgan fingerprint density at radius 3 is 2.61 bits per heavy atom. The van der Waals surface area contributed by atoms with Gasteiger partial charge in [-0.15, -0.1) is 11.3 Å². The number of rotatable bonds is 6. The average molecular weight is 326 g/mol. The molecule has 3 aromatic rings. The third kappa shape index (κ3) is 3.75. The van der Waals surface area contributed by atoms with Gasteiger partial charge in [0.2, 0.25) is 0 Å². The number of benzene rings is 2. The third-order valence-corrected chi connectivity index (χ3v) is 4.68. The summed E-state index contributed by atoms with van der Waals surface area (Å²) in [5.74, 6) is -0.169. The molecule has 4 nitrogen and oxygen atoms in total. The molecule has 0 aliphatic carbocycles. The maximum absolute atomic E-state index is 12.5. The molecule has 0 spiro atoms. The molecule has 0 radical (unpaired) electrons. The molecule has 5 heteroatoms. The van der Waals surface area contributed by atoms with Crippen LogP contribution in [0.5, 0.6) is 0 Å². The van der Waals surface area contributed by atoms with E-state index in [9.17, 15) is 4.79 Å². The summed E-state index contributed by atoms with van der Waals surface area (Å²) < 4.78 is 1.00. The van der Waals surface area contributed by atoms with Crippen molar-refractivity contribution in [3.05, 3.63) is 65.2 Å². The molecule has 23 heavy (non-hydrogen) atoms. The van der Waals surface area contributed by atoms with Crippen LogP contribution in [-0.4, -0.2) is 22.6 Å². The molecule has 2 N–H and O–H groups in total. The van der Waals surface area contributed by atoms with Crippen molar-refractivity contribution in [3.63, 3.8) is 0 Å². The van der Waals surface area contributed by atoms with Crippen LogP contribution in [0, 0.1) is 0 Å². The Morgan fingerprint density at radius 1 is 1.13 bits per heavy atom. The van der Waals surface area contributed by atoms with Crippen LogP contribution < -0.4 is 5.32 Å². The van der Waals surface area contributed by atoms with Crippen LogP contribution in [0.1, 0.15) is 34.2 Å². The van der Waals surface area contributed by atoms with Crippen LogP contribution in [0.25, 0.3) is 10.2 Å². The highest BCUT2D eigenvalue weighted by molar-refractivity contribution is 7.20. The Labute approximate surface area is 138 Å². The Balaban J connectivity index is 1.79. The van der Waals surface area contributed by atoms with Gasteiger partial charge in [-0.05, 0) is 30.5 Å². The van der Waals surface area contributed by atoms with Gasteiger partial charge in [0.25, 0.3) is 5.91 Å². The van der Waals surface area contributed by atoms with E-state index in [4.69, 9.17) is 5.11 Å². The molecule has 1 aromatic heterocycles. The number of carbonyl (C=O) groups is 1. The summed E-state index contributed by atoms with van der Waals surface area (Å²) in [7, 11) is 0. The van der Waals surface area contributed by atoms with Crippen LogP contribution in [0.3, 0.4) is 0 Å². The minimum Gasteiger partial charge on any atom is -0.396 e. The molecule has 1 unspecified atom stereocenters. The molecule has 0 saturated carbocycles. The molecule has 0 fully saturated rings. The molecule has 118 valence electrons. The molecule has 1 atom stereocenters. The Hall–Kier alpha value is -2.24. The van der Waals surface area contributed by atoms with Crippen molar-refractivity contribution >= 4 is 27.5 Å². The Morgan fingerprint density at radius 2 is 1.87 bits per heavy atom. The zero-order valence-electron chi connectivity index (χ0n) is 12.6. The first-order valence-corrected chi connectivity index (χ1v) is 8.42. The lowest BCUT2D eigenvalue weighted by Crippen LogP contribution is -2.28. The molecule has 2 aromatic carbocycles. The van der Waals surface area contributed by atoms with Crippen molar-refractivity contribution in [2.75, 3.05) is 6.61 Å². The lowest BCUT2D eigenvalue weighted by molar-refractivity contribution is 0.0932. The van der Waals surface area contributed by atoms with Gasteiger partial charge in [0, 0.05) is 6.61 Å². The van der Waals surface area contributed by atoms with Gasteiger partial charge in [-0.1, -0.05) is 42.5 Å². The molecule has 0 aliphatic rings. The van der Waals surface area contributed by atoms with E-state index in [0.717, 1.165) is 15.8 Å². The first kappa shape index (κ1) is 15.6. The average Bonchev–Trinajstić information content (AvgIpc) is 3.03. The molecule has 0 saturated heterocycles. The summed E-state index contributed by atoms with van der Waals surface area (Å²) in [4.78, 5) is 16.9. The molecule has 1 heterocycles. The smallest absolute Gasteiger partial charge is 0.280 e. The zero-order chi connectivity index (χ0) is 16.1. The summed E-state index contributed by atoms with van der Waals surface area (Å²) in [5.41, 5.74) is 1.88. The van der Waals surface area contributed by atoms with Gasteiger partial charge >= 0.3 is 0 Å². The van der Waals surface area contributed by atoms with Crippen molar-refractivity contribution in [1.82, 2.24) is 10.3 Å². The normalized spacial score (nSPS) is 12.2. The van der Waals surface area contributed by atoms with Crippen LogP contribution in [0.2, 0.25) is 0 Å². The topological polar surface area (TPSA) is 62.2 Å². The van der Waals surface area contributed by atoms with E-state index in [-0.39, 0.29) is 18.6 Å². The van der Waals surface area contributed by atoms with Gasteiger partial charge in [-0.25, -0.2) is 4.98 Å². The molecule has 1 amide bonds. The third-order valence-electron chi connectivity index (χ3n) is 3.65. The van der Waals surface area contributed by atoms with Gasteiger partial charge in [-0.2, -0.15) is 0 Å². The molecule has 0 aliphatic heterocycles. The van der Waals surface area contributed by atoms with Crippen LogP contribution in [0.15, 0.2) is 54.6 Å². The summed E-state index contributed by atoms with van der Waals surface area (Å²) in [5, 5.41) is 12.6. The van der Waals surface area contributed by atoms with Crippen LogP contribution in [-0.2, 0) is 0 Å². The van der Waals surface area contributed by atoms with Crippen molar-refractivity contribution in [2.45, 2.75) is 18.9 Å². The number of nitrogens with zero attached hydrogens (tertiary/aromatic N) is 1. The van der Waals surface area contributed by atoms with Crippen molar-refractivity contribution in [1.29, 1.82) is 0 Å². The minimum atomic E-state index is -0.169. The molecular formula is C18H18N2O2S. The standard InChI is InChI=1S/C18H18N2O2S/c21-12-6-10-14(13-7-2-1-3-8-13)19-17(22)18-20-15-9-4-5-11-16(15)23-18/h1-5,7-9,11,14,21H,6,10,12H2,(H,19,22). The fourth-order valence-electron chi connectivity index (χ4n) is 2.49. The van der Waals surface area contributed by atoms with Crippen molar-refractivity contribution in [2.24, 2.45) is 0 Å². The number of aliphatic hydroxyl groups excluding tert-OH is 1. The number of amides is 1. The second-order valence-electron chi connectivity index (χ2n) is 5.29. The molecule has 3 rings (SSSR count). The second kappa shape index (κ2) is 7.35. The van der Waals surface area contributed by atoms with Gasteiger partial charge in [0.15, 0.2) is 5.01 Å².